The maximum Gasteiger partial charge on any atom is 0.254 e. The monoisotopic (exact) mass is 166 g/mol. The Balaban J connectivity index is 2.75. The van der Waals surface area contributed by atoms with E-state index in [4.69, 9.17) is 0 Å². The van der Waals surface area contributed by atoms with E-state index in [-0.39, 0.29) is 5.91 Å². The summed E-state index contributed by atoms with van der Waals surface area (Å²) in [4.78, 5) is 17.1. The zero-order valence-corrected chi connectivity index (χ0v) is 7.74. The van der Waals surface area contributed by atoms with E-state index in [1.807, 2.05) is 6.08 Å². The van der Waals surface area contributed by atoms with E-state index in [1.165, 1.54) is 0 Å². The Bertz CT molecular complexity index is 241. The lowest BCUT2D eigenvalue weighted by Gasteiger charge is -2.14. The van der Waals surface area contributed by atoms with Crippen molar-refractivity contribution in [1.82, 2.24) is 4.90 Å². The molecule has 1 amide bonds. The first-order chi connectivity index (χ1) is 5.61. The van der Waals surface area contributed by atoms with Gasteiger partial charge in [0.1, 0.15) is 0 Å². The molecule has 0 saturated heterocycles. The maximum atomic E-state index is 11.4. The minimum Gasteiger partial charge on any atom is -0.345 e. The van der Waals surface area contributed by atoms with Gasteiger partial charge in [-0.1, -0.05) is 13.0 Å². The predicted octanol–water partition coefficient (Wildman–Crippen LogP) is 0.722. The molecule has 0 saturated carbocycles. The summed E-state index contributed by atoms with van der Waals surface area (Å²) < 4.78 is 0. The lowest BCUT2D eigenvalue weighted by molar-refractivity contribution is -0.124. The molecule has 66 valence electrons. The van der Waals surface area contributed by atoms with Gasteiger partial charge in [0, 0.05) is 26.9 Å². The number of dihydropyridines is 1. The van der Waals surface area contributed by atoms with E-state index in [9.17, 15) is 4.79 Å². The molecule has 0 aromatic carbocycles. The van der Waals surface area contributed by atoms with Gasteiger partial charge >= 0.3 is 0 Å². The van der Waals surface area contributed by atoms with Crippen LogP contribution in [0.1, 0.15) is 6.92 Å². The van der Waals surface area contributed by atoms with Gasteiger partial charge in [0.25, 0.3) is 5.91 Å². The van der Waals surface area contributed by atoms with Crippen LogP contribution in [0, 0.1) is 5.92 Å². The standard InChI is InChI=1S/C9H14N2O/c1-7-4-8(6-10-5-7)9(12)11(2)3/h4,6-7H,5H2,1-3H3. The number of carbonyl (C=O) groups is 1. The summed E-state index contributed by atoms with van der Waals surface area (Å²) in [6, 6.07) is 0. The minimum absolute atomic E-state index is 0.0327. The van der Waals surface area contributed by atoms with Gasteiger partial charge in [-0.05, 0) is 5.92 Å². The van der Waals surface area contributed by atoms with Crippen molar-refractivity contribution >= 4 is 12.1 Å². The quantitative estimate of drug-likeness (QED) is 0.565. The summed E-state index contributed by atoms with van der Waals surface area (Å²) in [5.74, 6) is 0.416. The van der Waals surface area contributed by atoms with Crippen LogP contribution in [-0.4, -0.2) is 37.7 Å². The first-order valence-corrected chi connectivity index (χ1v) is 4.04. The number of rotatable bonds is 1. The average molecular weight is 166 g/mol. The second kappa shape index (κ2) is 3.52. The molecule has 0 aromatic rings. The van der Waals surface area contributed by atoms with Crippen LogP contribution in [0.5, 0.6) is 0 Å². The van der Waals surface area contributed by atoms with E-state index in [2.05, 4.69) is 11.9 Å². The summed E-state index contributed by atoms with van der Waals surface area (Å²) in [6.07, 6.45) is 3.62. The molecule has 1 aliphatic heterocycles. The molecule has 1 aliphatic rings. The first-order valence-electron chi connectivity index (χ1n) is 4.04. The summed E-state index contributed by atoms with van der Waals surface area (Å²) >= 11 is 0. The van der Waals surface area contributed by atoms with Crippen molar-refractivity contribution in [3.05, 3.63) is 11.6 Å². The second-order valence-corrected chi connectivity index (χ2v) is 3.29. The van der Waals surface area contributed by atoms with Gasteiger partial charge in [-0.25, -0.2) is 0 Å². The van der Waals surface area contributed by atoms with Crippen LogP contribution in [0.15, 0.2) is 16.6 Å². The third-order valence-corrected chi connectivity index (χ3v) is 1.74. The SMILES string of the molecule is CC1C=C(C(=O)N(C)C)C=NC1. The van der Waals surface area contributed by atoms with Crippen molar-refractivity contribution < 1.29 is 4.79 Å². The molecule has 3 nitrogen and oxygen atoms in total. The fourth-order valence-electron chi connectivity index (χ4n) is 1.10. The number of likely N-dealkylation sites (N-methyl/N-ethyl adjacent to an activating group) is 1. The number of aliphatic imine (C=N–C) groups is 1. The van der Waals surface area contributed by atoms with E-state index >= 15 is 0 Å². The molecule has 1 heterocycles. The number of hydrogen-bond acceptors (Lipinski definition) is 2. The normalized spacial score (nSPS) is 21.9. The highest BCUT2D eigenvalue weighted by molar-refractivity contribution is 6.12. The predicted molar refractivity (Wildman–Crippen MR) is 49.3 cm³/mol. The Morgan fingerprint density at radius 1 is 1.67 bits per heavy atom. The summed E-state index contributed by atoms with van der Waals surface area (Å²) in [5, 5.41) is 0. The lowest BCUT2D eigenvalue weighted by Crippen LogP contribution is -2.25. The molecule has 0 aromatic heterocycles. The maximum absolute atomic E-state index is 11.4. The number of amides is 1. The smallest absolute Gasteiger partial charge is 0.254 e. The molecule has 1 rings (SSSR count). The Kier molecular flexibility index (Phi) is 2.63. The molecule has 0 spiro atoms. The third-order valence-electron chi connectivity index (χ3n) is 1.74. The highest BCUT2D eigenvalue weighted by atomic mass is 16.2. The van der Waals surface area contributed by atoms with Crippen molar-refractivity contribution in [2.24, 2.45) is 10.9 Å². The molecule has 1 unspecified atom stereocenters. The summed E-state index contributed by atoms with van der Waals surface area (Å²) in [5.41, 5.74) is 0.707. The highest BCUT2D eigenvalue weighted by Gasteiger charge is 2.13. The second-order valence-electron chi connectivity index (χ2n) is 3.29. The summed E-state index contributed by atoms with van der Waals surface area (Å²) in [6.45, 7) is 2.85. The fourth-order valence-corrected chi connectivity index (χ4v) is 1.10. The van der Waals surface area contributed by atoms with Crippen molar-refractivity contribution in [1.29, 1.82) is 0 Å². The molecular formula is C9H14N2O. The van der Waals surface area contributed by atoms with Gasteiger partial charge in [-0.2, -0.15) is 0 Å². The van der Waals surface area contributed by atoms with Gasteiger partial charge in [-0.3, -0.25) is 9.79 Å². The van der Waals surface area contributed by atoms with Crippen LogP contribution in [0.2, 0.25) is 0 Å². The summed E-state index contributed by atoms with van der Waals surface area (Å²) in [7, 11) is 3.49. The third kappa shape index (κ3) is 1.94. The lowest BCUT2D eigenvalue weighted by atomic mass is 10.1. The van der Waals surface area contributed by atoms with Crippen LogP contribution in [0.3, 0.4) is 0 Å². The van der Waals surface area contributed by atoms with Crippen LogP contribution < -0.4 is 0 Å². The van der Waals surface area contributed by atoms with Gasteiger partial charge in [0.05, 0.1) is 5.57 Å². The largest absolute Gasteiger partial charge is 0.345 e. The number of nitrogens with zero attached hydrogens (tertiary/aromatic N) is 2. The first kappa shape index (κ1) is 8.97. The molecule has 0 radical (unpaired) electrons. The zero-order chi connectivity index (χ0) is 9.14. The molecule has 3 heteroatoms. The van der Waals surface area contributed by atoms with E-state index in [0.29, 0.717) is 11.5 Å². The Morgan fingerprint density at radius 2 is 2.33 bits per heavy atom. The zero-order valence-electron chi connectivity index (χ0n) is 7.74. The Labute approximate surface area is 72.8 Å². The van der Waals surface area contributed by atoms with E-state index < -0.39 is 0 Å². The van der Waals surface area contributed by atoms with Crippen LogP contribution in [0.25, 0.3) is 0 Å². The van der Waals surface area contributed by atoms with Gasteiger partial charge in [0.2, 0.25) is 0 Å². The van der Waals surface area contributed by atoms with Gasteiger partial charge in [-0.15, -0.1) is 0 Å². The molecule has 0 bridgehead atoms. The van der Waals surface area contributed by atoms with Crippen LogP contribution in [-0.2, 0) is 4.79 Å². The average Bonchev–Trinajstić information content (AvgIpc) is 2.03. The number of carbonyl (C=O) groups excluding carboxylic acids is 1. The van der Waals surface area contributed by atoms with Crippen molar-refractivity contribution in [2.75, 3.05) is 20.6 Å². The molecule has 12 heavy (non-hydrogen) atoms. The number of hydrogen-bond donors (Lipinski definition) is 0. The van der Waals surface area contributed by atoms with Crippen LogP contribution in [0.4, 0.5) is 0 Å². The topological polar surface area (TPSA) is 32.7 Å². The van der Waals surface area contributed by atoms with E-state index in [0.717, 1.165) is 6.54 Å². The highest BCUT2D eigenvalue weighted by Crippen LogP contribution is 2.09. The minimum atomic E-state index is 0.0327. The van der Waals surface area contributed by atoms with Crippen molar-refractivity contribution in [2.45, 2.75) is 6.92 Å². The fraction of sp³-hybridized carbons (Fsp3) is 0.556. The molecular weight excluding hydrogens is 152 g/mol. The Hall–Kier alpha value is -1.12. The Morgan fingerprint density at radius 3 is 2.83 bits per heavy atom. The molecule has 0 N–H and O–H groups in total. The van der Waals surface area contributed by atoms with Crippen molar-refractivity contribution in [3.63, 3.8) is 0 Å². The van der Waals surface area contributed by atoms with Crippen molar-refractivity contribution in [3.8, 4) is 0 Å². The molecule has 1 atom stereocenters. The van der Waals surface area contributed by atoms with Gasteiger partial charge < -0.3 is 4.90 Å². The van der Waals surface area contributed by atoms with Gasteiger partial charge in [0.15, 0.2) is 0 Å². The van der Waals surface area contributed by atoms with E-state index in [1.54, 1.807) is 25.2 Å². The molecule has 0 aliphatic carbocycles. The molecule has 0 fully saturated rings. The van der Waals surface area contributed by atoms with Crippen LogP contribution >= 0.6 is 0 Å².